The number of aromatic nitrogens is 4. The van der Waals surface area contributed by atoms with Crippen molar-refractivity contribution < 1.29 is 0 Å². The minimum atomic E-state index is 0.739. The van der Waals surface area contributed by atoms with E-state index in [1.165, 1.54) is 54.7 Å². The third kappa shape index (κ3) is 4.37. The summed E-state index contributed by atoms with van der Waals surface area (Å²) in [6.07, 6.45) is 0. The molecule has 0 aliphatic carbocycles. The number of hydrogen-bond acceptors (Lipinski definition) is 2. The molecule has 4 heteroatoms. The molecule has 0 N–H and O–H groups in total. The second-order valence-corrected chi connectivity index (χ2v) is 13.0. The Kier molecular flexibility index (Phi) is 6.34. The van der Waals surface area contributed by atoms with Crippen LogP contribution in [0.25, 0.3) is 77.5 Å². The topological polar surface area (TPSA) is 35.6 Å². The first-order valence-corrected chi connectivity index (χ1v) is 16.5. The van der Waals surface area contributed by atoms with Gasteiger partial charge < -0.3 is 9.13 Å². The monoisotopic (exact) mass is 618 g/mol. The predicted octanol–water partition coefficient (Wildman–Crippen LogP) is 11.2. The molecule has 0 aliphatic heterocycles. The van der Waals surface area contributed by atoms with Crippen LogP contribution < -0.4 is 0 Å². The van der Waals surface area contributed by atoms with Crippen molar-refractivity contribution in [1.29, 1.82) is 0 Å². The molecular formula is C44H34N4. The van der Waals surface area contributed by atoms with Crippen molar-refractivity contribution in [3.63, 3.8) is 0 Å². The number of nitrogens with zero attached hydrogens (tertiary/aromatic N) is 4. The highest BCUT2D eigenvalue weighted by Gasteiger charge is 2.21. The van der Waals surface area contributed by atoms with E-state index < -0.39 is 0 Å². The van der Waals surface area contributed by atoms with Crippen LogP contribution >= 0.6 is 0 Å². The van der Waals surface area contributed by atoms with Crippen molar-refractivity contribution in [3.05, 3.63) is 156 Å². The standard InChI is InChI=1S/C44H34N4/c1-27-17-20-41-35(23-27)32-11-5-8-14-38(32)47(41)40-16-10-7-13-34(40)37-26-31(44-45-29(3)25-30(4)46-44)19-22-43(37)48-39-15-9-6-12-33(39)36-24-28(2)18-21-42(36)48/h5-26H,1-4H3. The van der Waals surface area contributed by atoms with Gasteiger partial charge in [-0.1, -0.05) is 77.9 Å². The predicted molar refractivity (Wildman–Crippen MR) is 201 cm³/mol. The lowest BCUT2D eigenvalue weighted by atomic mass is 9.98. The maximum absolute atomic E-state index is 4.88. The van der Waals surface area contributed by atoms with Gasteiger partial charge >= 0.3 is 0 Å². The quantitative estimate of drug-likeness (QED) is 0.197. The fourth-order valence-electron chi connectivity index (χ4n) is 7.53. The molecule has 0 fully saturated rings. The molecule has 9 rings (SSSR count). The highest BCUT2D eigenvalue weighted by atomic mass is 15.0. The fraction of sp³-hybridized carbons (Fsp3) is 0.0909. The molecule has 0 atom stereocenters. The number of para-hydroxylation sites is 3. The second-order valence-electron chi connectivity index (χ2n) is 13.0. The molecule has 48 heavy (non-hydrogen) atoms. The van der Waals surface area contributed by atoms with E-state index in [0.29, 0.717) is 0 Å². The van der Waals surface area contributed by atoms with Gasteiger partial charge in [-0.25, -0.2) is 9.97 Å². The van der Waals surface area contributed by atoms with Crippen molar-refractivity contribution >= 4 is 43.6 Å². The van der Waals surface area contributed by atoms with Gasteiger partial charge in [-0.05, 0) is 94.4 Å². The Morgan fingerprint density at radius 2 is 0.896 bits per heavy atom. The first kappa shape index (κ1) is 28.2. The van der Waals surface area contributed by atoms with Crippen molar-refractivity contribution in [2.24, 2.45) is 0 Å². The van der Waals surface area contributed by atoms with E-state index in [2.05, 4.69) is 150 Å². The first-order chi connectivity index (χ1) is 23.4. The molecule has 0 saturated heterocycles. The summed E-state index contributed by atoms with van der Waals surface area (Å²) < 4.78 is 4.86. The minimum Gasteiger partial charge on any atom is -0.309 e. The molecule has 230 valence electrons. The van der Waals surface area contributed by atoms with Crippen LogP contribution in [0, 0.1) is 27.7 Å². The van der Waals surface area contributed by atoms with Crippen LogP contribution in [0.5, 0.6) is 0 Å². The van der Waals surface area contributed by atoms with Gasteiger partial charge in [0.1, 0.15) is 0 Å². The highest BCUT2D eigenvalue weighted by Crippen LogP contribution is 2.42. The third-order valence-corrected chi connectivity index (χ3v) is 9.57. The summed E-state index contributed by atoms with van der Waals surface area (Å²) in [6, 6.07) is 48.6. The van der Waals surface area contributed by atoms with E-state index in [0.717, 1.165) is 45.3 Å². The average Bonchev–Trinajstić information content (AvgIpc) is 3.59. The zero-order chi connectivity index (χ0) is 32.5. The van der Waals surface area contributed by atoms with Crippen LogP contribution in [-0.2, 0) is 0 Å². The summed E-state index contributed by atoms with van der Waals surface area (Å²) in [7, 11) is 0. The van der Waals surface area contributed by atoms with Gasteiger partial charge in [-0.2, -0.15) is 0 Å². The molecule has 0 radical (unpaired) electrons. The number of fused-ring (bicyclic) bond motifs is 6. The van der Waals surface area contributed by atoms with E-state index in [1.807, 2.05) is 19.9 Å². The van der Waals surface area contributed by atoms with Gasteiger partial charge in [0.15, 0.2) is 5.82 Å². The van der Waals surface area contributed by atoms with Crippen molar-refractivity contribution in [3.8, 4) is 33.9 Å². The van der Waals surface area contributed by atoms with Gasteiger partial charge in [0.2, 0.25) is 0 Å². The maximum Gasteiger partial charge on any atom is 0.159 e. The van der Waals surface area contributed by atoms with Gasteiger partial charge in [0.25, 0.3) is 0 Å². The Balaban J connectivity index is 1.40. The molecule has 3 heterocycles. The maximum atomic E-state index is 4.88. The SMILES string of the molecule is Cc1ccc2c(c1)c1ccccc1n2-c1ccccc1-c1cc(-c2nc(C)cc(C)n2)ccc1-n1c2ccccc2c2cc(C)ccc21. The Hall–Kier alpha value is -6.00. The van der Waals surface area contributed by atoms with Crippen LogP contribution in [-0.4, -0.2) is 19.1 Å². The molecular weight excluding hydrogens is 585 g/mol. The summed E-state index contributed by atoms with van der Waals surface area (Å²) in [6.45, 7) is 8.40. The normalized spacial score (nSPS) is 11.8. The van der Waals surface area contributed by atoms with Crippen LogP contribution in [0.4, 0.5) is 0 Å². The van der Waals surface area contributed by atoms with Crippen LogP contribution in [0.2, 0.25) is 0 Å². The molecule has 0 unspecified atom stereocenters. The lowest BCUT2D eigenvalue weighted by Gasteiger charge is -2.19. The largest absolute Gasteiger partial charge is 0.309 e. The number of hydrogen-bond donors (Lipinski definition) is 0. The number of benzene rings is 6. The minimum absolute atomic E-state index is 0.739. The van der Waals surface area contributed by atoms with Crippen molar-refractivity contribution in [1.82, 2.24) is 19.1 Å². The number of aryl methyl sites for hydroxylation is 4. The van der Waals surface area contributed by atoms with Gasteiger partial charge in [0.05, 0.1) is 33.4 Å². The van der Waals surface area contributed by atoms with E-state index in [1.54, 1.807) is 0 Å². The van der Waals surface area contributed by atoms with Crippen molar-refractivity contribution in [2.45, 2.75) is 27.7 Å². The Bertz CT molecular complexity index is 2700. The zero-order valence-corrected chi connectivity index (χ0v) is 27.5. The molecule has 0 aliphatic rings. The van der Waals surface area contributed by atoms with E-state index in [4.69, 9.17) is 9.97 Å². The average molecular weight is 619 g/mol. The molecule has 0 amide bonds. The van der Waals surface area contributed by atoms with E-state index in [-0.39, 0.29) is 0 Å². The third-order valence-electron chi connectivity index (χ3n) is 9.57. The lowest BCUT2D eigenvalue weighted by molar-refractivity contribution is 1.06. The Morgan fingerprint density at radius 1 is 0.396 bits per heavy atom. The molecule has 6 aromatic carbocycles. The van der Waals surface area contributed by atoms with Crippen LogP contribution in [0.3, 0.4) is 0 Å². The van der Waals surface area contributed by atoms with E-state index >= 15 is 0 Å². The molecule has 0 spiro atoms. The lowest BCUT2D eigenvalue weighted by Crippen LogP contribution is -2.02. The fourth-order valence-corrected chi connectivity index (χ4v) is 7.53. The highest BCUT2D eigenvalue weighted by molar-refractivity contribution is 6.11. The van der Waals surface area contributed by atoms with Crippen molar-refractivity contribution in [2.75, 3.05) is 0 Å². The van der Waals surface area contributed by atoms with Crippen LogP contribution in [0.1, 0.15) is 22.5 Å². The smallest absolute Gasteiger partial charge is 0.159 e. The summed E-state index contributed by atoms with van der Waals surface area (Å²) in [5.41, 5.74) is 14.7. The summed E-state index contributed by atoms with van der Waals surface area (Å²) in [4.78, 5) is 9.76. The number of rotatable bonds is 4. The molecule has 4 nitrogen and oxygen atoms in total. The van der Waals surface area contributed by atoms with Gasteiger partial charge in [-0.3, -0.25) is 0 Å². The summed E-state index contributed by atoms with van der Waals surface area (Å²) in [5, 5.41) is 5.01. The Morgan fingerprint density at radius 3 is 1.50 bits per heavy atom. The van der Waals surface area contributed by atoms with Crippen LogP contribution in [0.15, 0.2) is 133 Å². The van der Waals surface area contributed by atoms with Gasteiger partial charge in [0, 0.05) is 49.6 Å². The summed E-state index contributed by atoms with van der Waals surface area (Å²) >= 11 is 0. The summed E-state index contributed by atoms with van der Waals surface area (Å²) in [5.74, 6) is 0.739. The molecule has 9 aromatic rings. The molecule has 3 aromatic heterocycles. The Labute approximate surface area is 279 Å². The zero-order valence-electron chi connectivity index (χ0n) is 27.5. The van der Waals surface area contributed by atoms with E-state index in [9.17, 15) is 0 Å². The molecule has 0 saturated carbocycles. The van der Waals surface area contributed by atoms with Gasteiger partial charge in [-0.15, -0.1) is 0 Å². The molecule has 0 bridgehead atoms. The second kappa shape index (κ2) is 10.8. The first-order valence-electron chi connectivity index (χ1n) is 16.5.